The molecule has 28 heavy (non-hydrogen) atoms. The van der Waals surface area contributed by atoms with E-state index in [0.717, 1.165) is 11.1 Å². The van der Waals surface area contributed by atoms with Gasteiger partial charge in [-0.3, -0.25) is 0 Å². The zero-order chi connectivity index (χ0) is 19.3. The molecule has 0 unspecified atom stereocenters. The smallest absolute Gasteiger partial charge is 0.0178 e. The Labute approximate surface area is 166 Å². The van der Waals surface area contributed by atoms with Gasteiger partial charge in [-0.1, -0.05) is 84.9 Å². The Bertz CT molecular complexity index is 975. The molecular formula is C26H24N2. The van der Waals surface area contributed by atoms with Crippen molar-refractivity contribution in [3.05, 3.63) is 108 Å². The molecule has 2 nitrogen and oxygen atoms in total. The molecule has 0 bridgehead atoms. The molecule has 2 heteroatoms. The first-order valence-electron chi connectivity index (χ1n) is 9.56. The van der Waals surface area contributed by atoms with E-state index < -0.39 is 0 Å². The first kappa shape index (κ1) is 18.2. The third-order valence-electron chi connectivity index (χ3n) is 5.10. The van der Waals surface area contributed by atoms with Crippen LogP contribution in [0.25, 0.3) is 33.4 Å². The highest BCUT2D eigenvalue weighted by atomic mass is 14.5. The van der Waals surface area contributed by atoms with Crippen LogP contribution in [0, 0.1) is 0 Å². The van der Waals surface area contributed by atoms with Crippen LogP contribution in [-0.4, -0.2) is 0 Å². The average Bonchev–Trinajstić information content (AvgIpc) is 2.79. The Hall–Kier alpha value is -3.20. The van der Waals surface area contributed by atoms with Crippen molar-refractivity contribution >= 4 is 0 Å². The number of nitrogens with two attached hydrogens (primary N) is 2. The first-order chi connectivity index (χ1) is 13.8. The Kier molecular flexibility index (Phi) is 5.34. The summed E-state index contributed by atoms with van der Waals surface area (Å²) in [4.78, 5) is 0. The number of hydrogen-bond acceptors (Lipinski definition) is 2. The average molecular weight is 364 g/mol. The summed E-state index contributed by atoms with van der Waals surface area (Å²) in [7, 11) is 0. The molecule has 0 spiro atoms. The molecule has 4 aromatic rings. The second kappa shape index (κ2) is 8.22. The maximum Gasteiger partial charge on any atom is 0.0178 e. The molecular weight excluding hydrogens is 340 g/mol. The van der Waals surface area contributed by atoms with Crippen molar-refractivity contribution in [3.8, 4) is 33.4 Å². The minimum Gasteiger partial charge on any atom is -0.326 e. The first-order valence-corrected chi connectivity index (χ1v) is 9.56. The summed E-state index contributed by atoms with van der Waals surface area (Å²) in [6.45, 7) is 1.12. The second-order valence-corrected chi connectivity index (χ2v) is 6.96. The molecule has 0 aliphatic rings. The highest BCUT2D eigenvalue weighted by molar-refractivity contribution is 5.73. The predicted octanol–water partition coefficient (Wildman–Crippen LogP) is 5.61. The molecule has 0 radical (unpaired) electrons. The summed E-state index contributed by atoms with van der Waals surface area (Å²) < 4.78 is 0. The molecule has 138 valence electrons. The predicted molar refractivity (Wildman–Crippen MR) is 119 cm³/mol. The van der Waals surface area contributed by atoms with Gasteiger partial charge in [0.15, 0.2) is 0 Å². The molecule has 0 saturated carbocycles. The minimum absolute atomic E-state index is 0.562. The monoisotopic (exact) mass is 364 g/mol. The van der Waals surface area contributed by atoms with Crippen LogP contribution in [0.2, 0.25) is 0 Å². The summed E-state index contributed by atoms with van der Waals surface area (Å²) >= 11 is 0. The van der Waals surface area contributed by atoms with Crippen molar-refractivity contribution in [1.82, 2.24) is 0 Å². The van der Waals surface area contributed by atoms with Crippen LogP contribution in [-0.2, 0) is 13.1 Å². The molecule has 0 heterocycles. The molecule has 0 aromatic heterocycles. The third kappa shape index (κ3) is 3.89. The summed E-state index contributed by atoms with van der Waals surface area (Å²) in [6, 6.07) is 34.2. The van der Waals surface area contributed by atoms with Crippen LogP contribution in [0.3, 0.4) is 0 Å². The lowest BCUT2D eigenvalue weighted by Gasteiger charge is -2.08. The molecule has 0 aliphatic heterocycles. The summed E-state index contributed by atoms with van der Waals surface area (Å²) in [6.07, 6.45) is 0. The molecule has 0 fully saturated rings. The van der Waals surface area contributed by atoms with Gasteiger partial charge in [0.25, 0.3) is 0 Å². The summed E-state index contributed by atoms with van der Waals surface area (Å²) in [5, 5.41) is 0. The van der Waals surface area contributed by atoms with Crippen LogP contribution in [0.15, 0.2) is 97.1 Å². The summed E-state index contributed by atoms with van der Waals surface area (Å²) in [5.41, 5.74) is 21.0. The van der Waals surface area contributed by atoms with E-state index in [9.17, 15) is 0 Å². The van der Waals surface area contributed by atoms with Gasteiger partial charge in [-0.05, 0) is 56.6 Å². The fourth-order valence-corrected chi connectivity index (χ4v) is 3.47. The van der Waals surface area contributed by atoms with Crippen molar-refractivity contribution in [3.63, 3.8) is 0 Å². The quantitative estimate of drug-likeness (QED) is 0.484. The number of rotatable bonds is 5. The van der Waals surface area contributed by atoms with Crippen LogP contribution in [0.1, 0.15) is 11.1 Å². The van der Waals surface area contributed by atoms with Crippen molar-refractivity contribution in [1.29, 1.82) is 0 Å². The number of hydrogen-bond donors (Lipinski definition) is 2. The Balaban J connectivity index is 1.57. The third-order valence-corrected chi connectivity index (χ3v) is 5.10. The van der Waals surface area contributed by atoms with Gasteiger partial charge >= 0.3 is 0 Å². The molecule has 0 saturated heterocycles. The minimum atomic E-state index is 0.562. The van der Waals surface area contributed by atoms with E-state index in [1.165, 1.54) is 33.4 Å². The van der Waals surface area contributed by atoms with Crippen molar-refractivity contribution < 1.29 is 0 Å². The van der Waals surface area contributed by atoms with Crippen molar-refractivity contribution in [2.24, 2.45) is 11.5 Å². The van der Waals surface area contributed by atoms with Gasteiger partial charge < -0.3 is 11.5 Å². The van der Waals surface area contributed by atoms with Gasteiger partial charge in [0, 0.05) is 13.1 Å². The zero-order valence-corrected chi connectivity index (χ0v) is 15.8. The van der Waals surface area contributed by atoms with Gasteiger partial charge in [0.1, 0.15) is 0 Å². The normalized spacial score (nSPS) is 10.8. The lowest BCUT2D eigenvalue weighted by Crippen LogP contribution is -1.95. The maximum atomic E-state index is 5.76. The molecule has 4 aromatic carbocycles. The van der Waals surface area contributed by atoms with Crippen LogP contribution < -0.4 is 11.5 Å². The Morgan fingerprint density at radius 3 is 1.04 bits per heavy atom. The lowest BCUT2D eigenvalue weighted by molar-refractivity contribution is 1.07. The fourth-order valence-electron chi connectivity index (χ4n) is 3.47. The second-order valence-electron chi connectivity index (χ2n) is 6.96. The van der Waals surface area contributed by atoms with E-state index in [-0.39, 0.29) is 0 Å². The van der Waals surface area contributed by atoms with E-state index in [2.05, 4.69) is 97.1 Å². The van der Waals surface area contributed by atoms with E-state index in [1.807, 2.05) is 0 Å². The van der Waals surface area contributed by atoms with Gasteiger partial charge in [-0.15, -0.1) is 0 Å². The molecule has 0 atom stereocenters. The van der Waals surface area contributed by atoms with Gasteiger partial charge in [-0.25, -0.2) is 0 Å². The van der Waals surface area contributed by atoms with Crippen LogP contribution >= 0.6 is 0 Å². The van der Waals surface area contributed by atoms with Crippen molar-refractivity contribution in [2.75, 3.05) is 0 Å². The standard InChI is InChI=1S/C26H24N2/c27-17-19-3-1-5-25(15-19)23-11-7-21(8-12-23)22-9-13-24(14-10-22)26-6-2-4-20(16-26)18-28/h1-16H,17-18,27-28H2. The van der Waals surface area contributed by atoms with Crippen molar-refractivity contribution in [2.45, 2.75) is 13.1 Å². The van der Waals surface area contributed by atoms with Gasteiger partial charge in [-0.2, -0.15) is 0 Å². The number of benzene rings is 4. The summed E-state index contributed by atoms with van der Waals surface area (Å²) in [5.74, 6) is 0. The van der Waals surface area contributed by atoms with Crippen LogP contribution in [0.4, 0.5) is 0 Å². The van der Waals surface area contributed by atoms with E-state index in [1.54, 1.807) is 0 Å². The highest BCUT2D eigenvalue weighted by Crippen LogP contribution is 2.28. The topological polar surface area (TPSA) is 52.0 Å². The van der Waals surface area contributed by atoms with Gasteiger partial charge in [0.2, 0.25) is 0 Å². The van der Waals surface area contributed by atoms with Gasteiger partial charge in [0.05, 0.1) is 0 Å². The fraction of sp³-hybridized carbons (Fsp3) is 0.0769. The van der Waals surface area contributed by atoms with Crippen LogP contribution in [0.5, 0.6) is 0 Å². The van der Waals surface area contributed by atoms with E-state index >= 15 is 0 Å². The highest BCUT2D eigenvalue weighted by Gasteiger charge is 2.03. The zero-order valence-electron chi connectivity index (χ0n) is 15.8. The van der Waals surface area contributed by atoms with E-state index in [4.69, 9.17) is 11.5 Å². The largest absolute Gasteiger partial charge is 0.326 e. The molecule has 4 N–H and O–H groups in total. The molecule has 0 amide bonds. The Morgan fingerprint density at radius 2 is 0.714 bits per heavy atom. The van der Waals surface area contributed by atoms with E-state index in [0.29, 0.717) is 13.1 Å². The molecule has 4 rings (SSSR count). The molecule has 0 aliphatic carbocycles. The Morgan fingerprint density at radius 1 is 0.393 bits per heavy atom. The SMILES string of the molecule is NCc1cccc(-c2ccc(-c3ccc(-c4cccc(CN)c4)cc3)cc2)c1. The maximum absolute atomic E-state index is 5.76. The lowest BCUT2D eigenvalue weighted by atomic mass is 9.97.